The Morgan fingerprint density at radius 2 is 1.57 bits per heavy atom. The maximum absolute atomic E-state index is 4.73. The van der Waals surface area contributed by atoms with Crippen LogP contribution in [0.4, 0.5) is 0 Å². The molecule has 2 aromatic heterocycles. The van der Waals surface area contributed by atoms with Gasteiger partial charge in [0.05, 0.1) is 16.7 Å². The highest BCUT2D eigenvalue weighted by molar-refractivity contribution is 7.13. The SMILES string of the molecule is c1ccc(-c2csc(-c3ccc4nccnc4c3)n2)cc1. The van der Waals surface area contributed by atoms with Crippen LogP contribution < -0.4 is 0 Å². The molecule has 2 heterocycles. The lowest BCUT2D eigenvalue weighted by atomic mass is 10.2. The van der Waals surface area contributed by atoms with E-state index >= 15 is 0 Å². The van der Waals surface area contributed by atoms with Gasteiger partial charge in [-0.05, 0) is 18.2 Å². The molecule has 3 nitrogen and oxygen atoms in total. The van der Waals surface area contributed by atoms with Gasteiger partial charge in [0.15, 0.2) is 0 Å². The van der Waals surface area contributed by atoms with Crippen molar-refractivity contribution in [3.8, 4) is 21.8 Å². The Bertz CT molecular complexity index is 900. The van der Waals surface area contributed by atoms with Crippen molar-refractivity contribution < 1.29 is 0 Å². The molecule has 0 aliphatic rings. The smallest absolute Gasteiger partial charge is 0.124 e. The van der Waals surface area contributed by atoms with E-state index in [4.69, 9.17) is 4.98 Å². The highest BCUT2D eigenvalue weighted by atomic mass is 32.1. The molecule has 0 N–H and O–H groups in total. The molecule has 0 spiro atoms. The van der Waals surface area contributed by atoms with Crippen LogP contribution in [-0.2, 0) is 0 Å². The van der Waals surface area contributed by atoms with Crippen LogP contribution in [0, 0.1) is 0 Å². The van der Waals surface area contributed by atoms with Crippen LogP contribution in [0.5, 0.6) is 0 Å². The Balaban J connectivity index is 1.77. The third-order valence-electron chi connectivity index (χ3n) is 3.29. The van der Waals surface area contributed by atoms with Crippen LogP contribution in [0.15, 0.2) is 66.3 Å². The van der Waals surface area contributed by atoms with Gasteiger partial charge in [-0.2, -0.15) is 0 Å². The van der Waals surface area contributed by atoms with Crippen molar-refractivity contribution in [2.24, 2.45) is 0 Å². The van der Waals surface area contributed by atoms with Crippen molar-refractivity contribution in [3.05, 3.63) is 66.3 Å². The molecular formula is C17H11N3S. The minimum absolute atomic E-state index is 0.895. The summed E-state index contributed by atoms with van der Waals surface area (Å²) < 4.78 is 0. The third-order valence-corrected chi connectivity index (χ3v) is 4.18. The van der Waals surface area contributed by atoms with Gasteiger partial charge in [0.2, 0.25) is 0 Å². The molecule has 0 unspecified atom stereocenters. The van der Waals surface area contributed by atoms with Crippen LogP contribution in [0.25, 0.3) is 32.9 Å². The van der Waals surface area contributed by atoms with Gasteiger partial charge in [0.25, 0.3) is 0 Å². The molecule has 0 atom stereocenters. The molecule has 0 saturated carbocycles. The number of fused-ring (bicyclic) bond motifs is 1. The molecule has 100 valence electrons. The van der Waals surface area contributed by atoms with E-state index in [1.54, 1.807) is 23.7 Å². The summed E-state index contributed by atoms with van der Waals surface area (Å²) in [5, 5.41) is 3.09. The third kappa shape index (κ3) is 2.30. The Morgan fingerprint density at radius 1 is 0.762 bits per heavy atom. The molecule has 21 heavy (non-hydrogen) atoms. The van der Waals surface area contributed by atoms with Gasteiger partial charge >= 0.3 is 0 Å². The fourth-order valence-corrected chi connectivity index (χ4v) is 3.07. The number of hydrogen-bond acceptors (Lipinski definition) is 4. The Labute approximate surface area is 126 Å². The van der Waals surface area contributed by atoms with Gasteiger partial charge < -0.3 is 0 Å². The molecule has 0 radical (unpaired) electrons. The second kappa shape index (κ2) is 5.07. The lowest BCUT2D eigenvalue weighted by Gasteiger charge is -1.99. The second-order valence-electron chi connectivity index (χ2n) is 4.66. The van der Waals surface area contributed by atoms with E-state index in [1.165, 1.54) is 0 Å². The van der Waals surface area contributed by atoms with Crippen molar-refractivity contribution in [2.75, 3.05) is 0 Å². The lowest BCUT2D eigenvalue weighted by molar-refractivity contribution is 1.29. The highest BCUT2D eigenvalue weighted by Crippen LogP contribution is 2.29. The summed E-state index contributed by atoms with van der Waals surface area (Å²) in [6.45, 7) is 0. The maximum Gasteiger partial charge on any atom is 0.124 e. The minimum Gasteiger partial charge on any atom is -0.253 e. The Morgan fingerprint density at radius 3 is 2.43 bits per heavy atom. The summed E-state index contributed by atoms with van der Waals surface area (Å²) >= 11 is 1.65. The molecular weight excluding hydrogens is 278 g/mol. The molecule has 0 aliphatic heterocycles. The molecule has 0 fully saturated rings. The summed E-state index contributed by atoms with van der Waals surface area (Å²) in [6.07, 6.45) is 3.42. The molecule has 0 saturated heterocycles. The summed E-state index contributed by atoms with van der Waals surface area (Å²) in [4.78, 5) is 13.4. The van der Waals surface area contributed by atoms with Gasteiger partial charge in [-0.1, -0.05) is 30.3 Å². The van der Waals surface area contributed by atoms with E-state index in [0.29, 0.717) is 0 Å². The van der Waals surface area contributed by atoms with E-state index in [2.05, 4.69) is 27.5 Å². The number of rotatable bonds is 2. The van der Waals surface area contributed by atoms with E-state index in [0.717, 1.165) is 32.9 Å². The van der Waals surface area contributed by atoms with E-state index < -0.39 is 0 Å². The lowest BCUT2D eigenvalue weighted by Crippen LogP contribution is -1.84. The zero-order chi connectivity index (χ0) is 14.1. The van der Waals surface area contributed by atoms with Gasteiger partial charge in [-0.15, -0.1) is 11.3 Å². The van der Waals surface area contributed by atoms with Gasteiger partial charge in [-0.25, -0.2) is 4.98 Å². The quantitative estimate of drug-likeness (QED) is 0.548. The first kappa shape index (κ1) is 12.2. The molecule has 4 aromatic rings. The van der Waals surface area contributed by atoms with Crippen LogP contribution >= 0.6 is 11.3 Å². The summed E-state index contributed by atoms with van der Waals surface area (Å²) in [5.41, 5.74) is 5.03. The molecule has 4 heteroatoms. The molecule has 4 rings (SSSR count). The summed E-state index contributed by atoms with van der Waals surface area (Å²) in [6, 6.07) is 16.3. The average Bonchev–Trinajstić information content (AvgIpc) is 3.05. The van der Waals surface area contributed by atoms with E-state index in [9.17, 15) is 0 Å². The predicted octanol–water partition coefficient (Wildman–Crippen LogP) is 4.42. The fourth-order valence-electron chi connectivity index (χ4n) is 2.24. The fraction of sp³-hybridized carbons (Fsp3) is 0. The largest absolute Gasteiger partial charge is 0.253 e. The predicted molar refractivity (Wildman–Crippen MR) is 86.1 cm³/mol. The van der Waals surface area contributed by atoms with Gasteiger partial charge in [0, 0.05) is 28.9 Å². The molecule has 2 aromatic carbocycles. The number of benzene rings is 2. The monoisotopic (exact) mass is 289 g/mol. The van der Waals surface area contributed by atoms with E-state index in [-0.39, 0.29) is 0 Å². The first-order valence-corrected chi connectivity index (χ1v) is 7.50. The highest BCUT2D eigenvalue weighted by Gasteiger charge is 2.07. The minimum atomic E-state index is 0.895. The Kier molecular flexibility index (Phi) is 2.94. The zero-order valence-electron chi connectivity index (χ0n) is 11.1. The van der Waals surface area contributed by atoms with Gasteiger partial charge in [-0.3, -0.25) is 9.97 Å². The van der Waals surface area contributed by atoms with Crippen molar-refractivity contribution >= 4 is 22.4 Å². The number of nitrogens with zero attached hydrogens (tertiary/aromatic N) is 3. The molecule has 0 aliphatic carbocycles. The number of hydrogen-bond donors (Lipinski definition) is 0. The summed E-state index contributed by atoms with van der Waals surface area (Å²) in [5.74, 6) is 0. The van der Waals surface area contributed by atoms with Crippen LogP contribution in [-0.4, -0.2) is 15.0 Å². The maximum atomic E-state index is 4.73. The first-order valence-electron chi connectivity index (χ1n) is 6.62. The average molecular weight is 289 g/mol. The van der Waals surface area contributed by atoms with E-state index in [1.807, 2.05) is 36.4 Å². The number of aromatic nitrogens is 3. The Hall–Kier alpha value is -2.59. The second-order valence-corrected chi connectivity index (χ2v) is 5.52. The molecule has 0 amide bonds. The topological polar surface area (TPSA) is 38.7 Å². The van der Waals surface area contributed by atoms with Crippen molar-refractivity contribution in [3.63, 3.8) is 0 Å². The molecule has 0 bridgehead atoms. The van der Waals surface area contributed by atoms with Crippen LogP contribution in [0.3, 0.4) is 0 Å². The summed E-state index contributed by atoms with van der Waals surface area (Å²) in [7, 11) is 0. The van der Waals surface area contributed by atoms with Crippen molar-refractivity contribution in [1.82, 2.24) is 15.0 Å². The zero-order valence-corrected chi connectivity index (χ0v) is 11.9. The first-order chi connectivity index (χ1) is 10.4. The normalized spacial score (nSPS) is 10.9. The number of thiazole rings is 1. The van der Waals surface area contributed by atoms with Crippen LogP contribution in [0.2, 0.25) is 0 Å². The van der Waals surface area contributed by atoms with Crippen molar-refractivity contribution in [2.45, 2.75) is 0 Å². The standard InChI is InChI=1S/C17H11N3S/c1-2-4-12(5-3-1)16-11-21-17(20-16)13-6-7-14-15(10-13)19-9-8-18-14/h1-11H. The van der Waals surface area contributed by atoms with Crippen LogP contribution in [0.1, 0.15) is 0 Å². The van der Waals surface area contributed by atoms with Crippen molar-refractivity contribution in [1.29, 1.82) is 0 Å². The van der Waals surface area contributed by atoms with Gasteiger partial charge in [0.1, 0.15) is 5.01 Å².